The van der Waals surface area contributed by atoms with Gasteiger partial charge in [-0.05, 0) is 41.8 Å². The van der Waals surface area contributed by atoms with Gasteiger partial charge in [0.15, 0.2) is 11.5 Å². The molecule has 1 aromatic heterocycles. The van der Waals surface area contributed by atoms with Crippen molar-refractivity contribution in [1.29, 1.82) is 0 Å². The molecule has 0 saturated carbocycles. The molecule has 19 nitrogen and oxygen atoms in total. The molecule has 4 aromatic carbocycles. The van der Waals surface area contributed by atoms with Crippen molar-refractivity contribution in [2.75, 3.05) is 10.5 Å². The summed E-state index contributed by atoms with van der Waals surface area (Å²) in [6, 6.07) is 16.4. The molecule has 0 aliphatic carbocycles. The first kappa shape index (κ1) is 32.1. The Labute approximate surface area is 262 Å². The number of sulfonamides is 1. The highest BCUT2D eigenvalue weighted by Crippen LogP contribution is 2.39. The molecular weight excluding hydrogens is 662 g/mol. The number of nitrogens with one attached hydrogen (secondary N) is 2. The second-order valence-electron chi connectivity index (χ2n) is 9.34. The third-order valence-corrected chi connectivity index (χ3v) is 8.43. The van der Waals surface area contributed by atoms with Gasteiger partial charge in [-0.3, -0.25) is 24.4 Å². The Bertz CT molecular complexity index is 2410. The van der Waals surface area contributed by atoms with Crippen molar-refractivity contribution in [2.24, 2.45) is 20.5 Å². The van der Waals surface area contributed by atoms with Gasteiger partial charge in [0.05, 0.1) is 15.5 Å². The fourth-order valence-electron chi connectivity index (χ4n) is 4.01. The van der Waals surface area contributed by atoms with E-state index >= 15 is 0 Å². The number of aromatic hydroxyl groups is 2. The van der Waals surface area contributed by atoms with E-state index in [1.807, 2.05) is 16.9 Å². The summed E-state index contributed by atoms with van der Waals surface area (Å²) >= 11 is 0. The summed E-state index contributed by atoms with van der Waals surface area (Å²) in [5, 5.41) is 48.0. The normalized spacial score (nSPS) is 12.2. The molecule has 47 heavy (non-hydrogen) atoms. The van der Waals surface area contributed by atoms with Crippen LogP contribution in [0, 0.1) is 10.1 Å². The van der Waals surface area contributed by atoms with E-state index in [-0.39, 0.29) is 22.0 Å². The monoisotopic (exact) mass is 681 g/mol. The number of azo groups is 2. The minimum atomic E-state index is -4.98. The second kappa shape index (κ2) is 12.2. The van der Waals surface area contributed by atoms with Crippen molar-refractivity contribution in [1.82, 2.24) is 9.97 Å². The van der Waals surface area contributed by atoms with Crippen molar-refractivity contribution < 1.29 is 36.5 Å². The Morgan fingerprint density at radius 1 is 0.872 bits per heavy atom. The number of rotatable bonds is 9. The van der Waals surface area contributed by atoms with Crippen LogP contribution in [0.5, 0.6) is 11.5 Å². The zero-order valence-corrected chi connectivity index (χ0v) is 24.8. The lowest BCUT2D eigenvalue weighted by Gasteiger charge is -2.08. The van der Waals surface area contributed by atoms with Crippen LogP contribution in [-0.2, 0) is 20.1 Å². The number of aromatic nitrogens is 2. The maximum absolute atomic E-state index is 12.9. The lowest BCUT2D eigenvalue weighted by molar-refractivity contribution is -0.386. The summed E-state index contributed by atoms with van der Waals surface area (Å²) in [7, 11) is -9.33. The standard InChI is InChI=1S/C26H19N9O10S2/c27-24-22(33-31-18-11-16(47(43,44)45)12-19(23(18)37)35(39)40)25(38)29-26(28-24)34-46(41,42)15-8-6-14(7-9-15)30-32-21-17-4-2-1-3-13(17)5-10-20(21)36/h1-12,36-37H,(H,43,44,45)(H4,27,28,29,34,38). The molecule has 1 heterocycles. The topological polar surface area (TPSA) is 305 Å². The van der Waals surface area contributed by atoms with E-state index in [9.17, 15) is 46.5 Å². The summed E-state index contributed by atoms with van der Waals surface area (Å²) < 4.78 is 60.1. The minimum Gasteiger partial charge on any atom is -0.506 e. The van der Waals surface area contributed by atoms with E-state index in [1.165, 1.54) is 30.3 Å². The molecule has 0 aliphatic heterocycles. The average molecular weight is 682 g/mol. The average Bonchev–Trinajstić information content (AvgIpc) is 3.00. The quantitative estimate of drug-likeness (QED) is 0.0533. The maximum Gasteiger partial charge on any atom is 0.314 e. The maximum atomic E-state index is 12.9. The molecular formula is C26H19N9O10S2. The second-order valence-corrected chi connectivity index (χ2v) is 12.4. The Hall–Kier alpha value is -6.32. The number of nitrogens with two attached hydrogens (primary N) is 1. The molecule has 0 saturated heterocycles. The molecule has 240 valence electrons. The van der Waals surface area contributed by atoms with Crippen LogP contribution >= 0.6 is 0 Å². The van der Waals surface area contributed by atoms with E-state index < -0.39 is 70.1 Å². The van der Waals surface area contributed by atoms with Gasteiger partial charge >= 0.3 is 5.69 Å². The summed E-state index contributed by atoms with van der Waals surface area (Å²) in [5.74, 6) is -2.55. The van der Waals surface area contributed by atoms with Gasteiger partial charge < -0.3 is 15.9 Å². The van der Waals surface area contributed by atoms with Crippen LogP contribution in [0.25, 0.3) is 10.8 Å². The molecule has 5 aromatic rings. The zero-order valence-electron chi connectivity index (χ0n) is 23.2. The number of H-pyrrole nitrogens is 1. The number of nitrogens with zero attached hydrogens (tertiary/aromatic N) is 6. The number of anilines is 2. The highest BCUT2D eigenvalue weighted by molar-refractivity contribution is 7.92. The fourth-order valence-corrected chi connectivity index (χ4v) is 5.50. The third-order valence-electron chi connectivity index (χ3n) is 6.24. The Kier molecular flexibility index (Phi) is 8.35. The first-order valence-electron chi connectivity index (χ1n) is 12.7. The molecule has 0 unspecified atom stereocenters. The van der Waals surface area contributed by atoms with Crippen LogP contribution in [0.2, 0.25) is 0 Å². The van der Waals surface area contributed by atoms with Gasteiger partial charge in [-0.1, -0.05) is 30.3 Å². The van der Waals surface area contributed by atoms with Crippen LogP contribution in [0.15, 0.2) is 108 Å². The van der Waals surface area contributed by atoms with Crippen LogP contribution in [-0.4, -0.2) is 46.5 Å². The van der Waals surface area contributed by atoms with Gasteiger partial charge in [0.1, 0.15) is 22.0 Å². The highest BCUT2D eigenvalue weighted by atomic mass is 32.2. The van der Waals surface area contributed by atoms with Gasteiger partial charge in [-0.15, -0.1) is 15.3 Å². The lowest BCUT2D eigenvalue weighted by Crippen LogP contribution is -2.19. The van der Waals surface area contributed by atoms with E-state index in [4.69, 9.17) is 5.73 Å². The molecule has 21 heteroatoms. The number of hydrogen-bond acceptors (Lipinski definition) is 15. The highest BCUT2D eigenvalue weighted by Gasteiger charge is 2.24. The van der Waals surface area contributed by atoms with Crippen molar-refractivity contribution in [3.05, 3.63) is 93.3 Å². The SMILES string of the molecule is Nc1nc(NS(=O)(=O)c2ccc(N=Nc3c(O)ccc4ccccc34)cc2)[nH]c(=O)c1N=Nc1cc(S(=O)(=O)O)cc([N+](=O)[O-])c1O. The lowest BCUT2D eigenvalue weighted by atomic mass is 10.1. The van der Waals surface area contributed by atoms with Gasteiger partial charge in [0.25, 0.3) is 25.7 Å². The van der Waals surface area contributed by atoms with Crippen LogP contribution < -0.4 is 16.0 Å². The predicted molar refractivity (Wildman–Crippen MR) is 165 cm³/mol. The van der Waals surface area contributed by atoms with Crippen LogP contribution in [0.4, 0.5) is 40.2 Å². The number of nitro groups is 1. The molecule has 0 bridgehead atoms. The number of aromatic amines is 1. The molecule has 5 rings (SSSR count). The van der Waals surface area contributed by atoms with Crippen LogP contribution in [0.1, 0.15) is 0 Å². The van der Waals surface area contributed by atoms with Crippen molar-refractivity contribution >= 4 is 71.1 Å². The number of nitro benzene ring substituents is 1. The van der Waals surface area contributed by atoms with Gasteiger partial charge in [0.2, 0.25) is 11.7 Å². The van der Waals surface area contributed by atoms with Crippen molar-refractivity contribution in [2.45, 2.75) is 9.79 Å². The van der Waals surface area contributed by atoms with Gasteiger partial charge in [-0.2, -0.15) is 18.5 Å². The van der Waals surface area contributed by atoms with Crippen molar-refractivity contribution in [3.63, 3.8) is 0 Å². The Morgan fingerprint density at radius 2 is 1.55 bits per heavy atom. The van der Waals surface area contributed by atoms with Gasteiger partial charge in [0, 0.05) is 11.5 Å². The zero-order chi connectivity index (χ0) is 34.1. The molecule has 7 N–H and O–H groups in total. The van der Waals surface area contributed by atoms with E-state index in [1.54, 1.807) is 18.2 Å². The molecule has 0 aliphatic rings. The van der Waals surface area contributed by atoms with E-state index in [0.717, 1.165) is 5.39 Å². The summed E-state index contributed by atoms with van der Waals surface area (Å²) in [6.07, 6.45) is 0. The van der Waals surface area contributed by atoms with E-state index in [2.05, 4.69) is 30.4 Å². The Morgan fingerprint density at radius 3 is 2.21 bits per heavy atom. The fraction of sp³-hybridized carbons (Fsp3) is 0. The summed E-state index contributed by atoms with van der Waals surface area (Å²) in [5.41, 5.74) is 2.36. The molecule has 0 atom stereocenters. The number of phenolic OH excluding ortho intramolecular Hbond substituents is 2. The van der Waals surface area contributed by atoms with Crippen LogP contribution in [0.3, 0.4) is 0 Å². The predicted octanol–water partition coefficient (Wildman–Crippen LogP) is 4.70. The first-order chi connectivity index (χ1) is 22.1. The molecule has 0 spiro atoms. The summed E-state index contributed by atoms with van der Waals surface area (Å²) in [6.45, 7) is 0. The number of fused-ring (bicyclic) bond motifs is 1. The number of hydrogen-bond donors (Lipinski definition) is 6. The number of benzene rings is 4. The molecule has 0 fully saturated rings. The van der Waals surface area contributed by atoms with Crippen molar-refractivity contribution in [3.8, 4) is 11.5 Å². The van der Waals surface area contributed by atoms with E-state index in [0.29, 0.717) is 17.5 Å². The third kappa shape index (κ3) is 6.85. The number of nitrogen functional groups attached to an aromatic ring is 1. The number of phenols is 2. The summed E-state index contributed by atoms with van der Waals surface area (Å²) in [4.78, 5) is 27.2. The molecule has 0 amide bonds. The smallest absolute Gasteiger partial charge is 0.314 e. The minimum absolute atomic E-state index is 0.0995. The van der Waals surface area contributed by atoms with Gasteiger partial charge in [-0.25, -0.2) is 13.1 Å². The first-order valence-corrected chi connectivity index (χ1v) is 15.6. The largest absolute Gasteiger partial charge is 0.506 e. The molecule has 0 radical (unpaired) electrons. The Balaban J connectivity index is 1.37.